The van der Waals surface area contributed by atoms with Crippen LogP contribution >= 0.6 is 11.6 Å². The van der Waals surface area contributed by atoms with Gasteiger partial charge in [-0.3, -0.25) is 0 Å². The maximum Gasteiger partial charge on any atom is 0.0702 e. The van der Waals surface area contributed by atoms with Gasteiger partial charge in [0, 0.05) is 18.7 Å². The highest BCUT2D eigenvalue weighted by molar-refractivity contribution is 6.33. The van der Waals surface area contributed by atoms with Crippen LogP contribution in [0.15, 0.2) is 18.2 Å². The third-order valence-electron chi connectivity index (χ3n) is 3.65. The molecule has 0 aromatic heterocycles. The second-order valence-electron chi connectivity index (χ2n) is 4.77. The highest BCUT2D eigenvalue weighted by Crippen LogP contribution is 2.33. The predicted molar refractivity (Wildman–Crippen MR) is 72.6 cm³/mol. The van der Waals surface area contributed by atoms with Crippen LogP contribution in [0.3, 0.4) is 0 Å². The molecule has 2 rings (SSSR count). The molecule has 1 unspecified atom stereocenters. The van der Waals surface area contributed by atoms with Gasteiger partial charge in [-0.05, 0) is 24.8 Å². The second-order valence-corrected chi connectivity index (χ2v) is 5.18. The van der Waals surface area contributed by atoms with Crippen LogP contribution in [0.4, 0.5) is 5.69 Å². The zero-order chi connectivity index (χ0) is 12.3. The van der Waals surface area contributed by atoms with Gasteiger partial charge in [0.25, 0.3) is 0 Å². The van der Waals surface area contributed by atoms with Crippen molar-refractivity contribution in [2.75, 3.05) is 18.0 Å². The highest BCUT2D eigenvalue weighted by Gasteiger charge is 2.22. The number of benzene rings is 1. The van der Waals surface area contributed by atoms with Gasteiger partial charge >= 0.3 is 0 Å². The summed E-state index contributed by atoms with van der Waals surface area (Å²) >= 11 is 6.28. The van der Waals surface area contributed by atoms with Gasteiger partial charge in [0.15, 0.2) is 0 Å². The van der Waals surface area contributed by atoms with Gasteiger partial charge in [-0.1, -0.05) is 37.1 Å². The second kappa shape index (κ2) is 5.74. The van der Waals surface area contributed by atoms with Gasteiger partial charge in [0.05, 0.1) is 17.3 Å². The number of anilines is 1. The van der Waals surface area contributed by atoms with Crippen molar-refractivity contribution in [3.8, 4) is 0 Å². The molecule has 1 heterocycles. The van der Waals surface area contributed by atoms with Crippen LogP contribution in [0.5, 0.6) is 0 Å². The first-order valence-electron chi connectivity index (χ1n) is 6.39. The smallest absolute Gasteiger partial charge is 0.0702 e. The summed E-state index contributed by atoms with van der Waals surface area (Å²) in [5.74, 6) is 0.756. The first kappa shape index (κ1) is 12.7. The Hall–Kier alpha value is -0.730. The summed E-state index contributed by atoms with van der Waals surface area (Å²) < 4.78 is 0. The molecular formula is C14H20ClNO. The van der Waals surface area contributed by atoms with Gasteiger partial charge in [0.2, 0.25) is 0 Å². The predicted octanol–water partition coefficient (Wildman–Crippen LogP) is 3.46. The zero-order valence-electron chi connectivity index (χ0n) is 10.3. The third kappa shape index (κ3) is 2.75. The van der Waals surface area contributed by atoms with Gasteiger partial charge in [-0.25, -0.2) is 0 Å². The fourth-order valence-electron chi connectivity index (χ4n) is 2.64. The summed E-state index contributed by atoms with van der Waals surface area (Å²) in [4.78, 5) is 2.34. The SMILES string of the molecule is CCC1CCCN(c2c(Cl)cccc2CO)C1. The zero-order valence-corrected chi connectivity index (χ0v) is 11.1. The highest BCUT2D eigenvalue weighted by atomic mass is 35.5. The molecule has 1 saturated heterocycles. The Morgan fingerprint density at radius 3 is 3.00 bits per heavy atom. The van der Waals surface area contributed by atoms with Crippen molar-refractivity contribution in [1.29, 1.82) is 0 Å². The third-order valence-corrected chi connectivity index (χ3v) is 3.96. The van der Waals surface area contributed by atoms with Crippen molar-refractivity contribution < 1.29 is 5.11 Å². The van der Waals surface area contributed by atoms with Crippen LogP contribution in [0, 0.1) is 5.92 Å². The fraction of sp³-hybridized carbons (Fsp3) is 0.571. The van der Waals surface area contributed by atoms with Crippen LogP contribution in [0.2, 0.25) is 5.02 Å². The van der Waals surface area contributed by atoms with Gasteiger partial charge in [-0.2, -0.15) is 0 Å². The number of piperidine rings is 1. The molecule has 0 amide bonds. The van der Waals surface area contributed by atoms with E-state index in [4.69, 9.17) is 11.6 Å². The summed E-state index contributed by atoms with van der Waals surface area (Å²) in [6.07, 6.45) is 3.75. The molecule has 1 N–H and O–H groups in total. The Bertz CT molecular complexity index is 380. The molecule has 1 aromatic carbocycles. The molecule has 1 fully saturated rings. The van der Waals surface area contributed by atoms with Gasteiger partial charge in [0.1, 0.15) is 0 Å². The standard InChI is InChI=1S/C14H20ClNO/c1-2-11-5-4-8-16(9-11)14-12(10-17)6-3-7-13(14)15/h3,6-7,11,17H,2,4-5,8-10H2,1H3. The molecular weight excluding hydrogens is 234 g/mol. The van der Waals surface area contributed by atoms with Crippen molar-refractivity contribution in [1.82, 2.24) is 0 Å². The van der Waals surface area contributed by atoms with Crippen molar-refractivity contribution in [3.63, 3.8) is 0 Å². The van der Waals surface area contributed by atoms with Crippen LogP contribution in [0.1, 0.15) is 31.7 Å². The maximum atomic E-state index is 9.41. The monoisotopic (exact) mass is 253 g/mol. The molecule has 0 bridgehead atoms. The first-order valence-corrected chi connectivity index (χ1v) is 6.77. The quantitative estimate of drug-likeness (QED) is 0.892. The van der Waals surface area contributed by atoms with E-state index in [0.717, 1.165) is 35.3 Å². The average Bonchev–Trinajstić information content (AvgIpc) is 2.38. The largest absolute Gasteiger partial charge is 0.392 e. The summed E-state index contributed by atoms with van der Waals surface area (Å²) in [5, 5.41) is 10.2. The minimum atomic E-state index is 0.0587. The van der Waals surface area contributed by atoms with Crippen LogP contribution in [-0.2, 0) is 6.61 Å². The Morgan fingerprint density at radius 1 is 1.47 bits per heavy atom. The normalized spacial score (nSPS) is 20.6. The lowest BCUT2D eigenvalue weighted by atomic mass is 9.95. The van der Waals surface area contributed by atoms with E-state index >= 15 is 0 Å². The Morgan fingerprint density at radius 2 is 2.29 bits per heavy atom. The molecule has 1 aromatic rings. The number of hydrogen-bond acceptors (Lipinski definition) is 2. The fourth-order valence-corrected chi connectivity index (χ4v) is 2.96. The van der Waals surface area contributed by atoms with Crippen LogP contribution in [0.25, 0.3) is 0 Å². The van der Waals surface area contributed by atoms with E-state index < -0.39 is 0 Å². The van der Waals surface area contributed by atoms with E-state index in [1.165, 1.54) is 19.3 Å². The summed E-state index contributed by atoms with van der Waals surface area (Å²) in [7, 11) is 0. The van der Waals surface area contributed by atoms with E-state index in [-0.39, 0.29) is 6.61 Å². The minimum Gasteiger partial charge on any atom is -0.392 e. The lowest BCUT2D eigenvalue weighted by molar-refractivity contribution is 0.281. The van der Waals surface area contributed by atoms with E-state index in [1.54, 1.807) is 0 Å². The summed E-state index contributed by atoms with van der Waals surface area (Å²) in [6, 6.07) is 5.76. The molecule has 94 valence electrons. The van der Waals surface area contributed by atoms with Crippen molar-refractivity contribution >= 4 is 17.3 Å². The molecule has 1 aliphatic rings. The molecule has 1 aliphatic heterocycles. The number of rotatable bonds is 3. The van der Waals surface area contributed by atoms with Gasteiger partial charge < -0.3 is 10.0 Å². The first-order chi connectivity index (χ1) is 8.26. The molecule has 2 nitrogen and oxygen atoms in total. The molecule has 0 spiro atoms. The number of para-hydroxylation sites is 1. The van der Waals surface area contributed by atoms with Crippen molar-refractivity contribution in [2.45, 2.75) is 32.8 Å². The Balaban J connectivity index is 2.26. The Labute approximate surface area is 108 Å². The van der Waals surface area contributed by atoms with E-state index in [9.17, 15) is 5.11 Å². The van der Waals surface area contributed by atoms with E-state index in [2.05, 4.69) is 11.8 Å². The number of nitrogens with zero attached hydrogens (tertiary/aromatic N) is 1. The molecule has 3 heteroatoms. The summed E-state index contributed by atoms with van der Waals surface area (Å²) in [6.45, 7) is 4.41. The van der Waals surface area contributed by atoms with Crippen molar-refractivity contribution in [3.05, 3.63) is 28.8 Å². The number of aliphatic hydroxyl groups excluding tert-OH is 1. The number of halogens is 1. The lowest BCUT2D eigenvalue weighted by Gasteiger charge is -2.35. The average molecular weight is 254 g/mol. The molecule has 0 saturated carbocycles. The molecule has 17 heavy (non-hydrogen) atoms. The van der Waals surface area contributed by atoms with E-state index in [1.807, 2.05) is 18.2 Å². The lowest BCUT2D eigenvalue weighted by Crippen LogP contribution is -2.36. The molecule has 0 radical (unpaired) electrons. The number of hydrogen-bond donors (Lipinski definition) is 1. The molecule has 0 aliphatic carbocycles. The van der Waals surface area contributed by atoms with Crippen LogP contribution < -0.4 is 4.90 Å². The Kier molecular flexibility index (Phi) is 4.30. The summed E-state index contributed by atoms with van der Waals surface area (Å²) in [5.41, 5.74) is 1.98. The molecule has 1 atom stereocenters. The van der Waals surface area contributed by atoms with Crippen molar-refractivity contribution in [2.24, 2.45) is 5.92 Å². The van der Waals surface area contributed by atoms with Crippen LogP contribution in [-0.4, -0.2) is 18.2 Å². The maximum absolute atomic E-state index is 9.41. The minimum absolute atomic E-state index is 0.0587. The number of aliphatic hydroxyl groups is 1. The van der Waals surface area contributed by atoms with Gasteiger partial charge in [-0.15, -0.1) is 0 Å². The van der Waals surface area contributed by atoms with E-state index in [0.29, 0.717) is 0 Å². The topological polar surface area (TPSA) is 23.5 Å².